The standard InChI is InChI=1S/C9H10N3O/c13-9(12-5-1-2-6-12)8-7-10-3-4-11-8/h4,7H,1-2,5-6H2. The number of aromatic nitrogens is 2. The number of likely N-dealkylation sites (tertiary alicyclic amines) is 1. The van der Waals surface area contributed by atoms with Gasteiger partial charge in [0, 0.05) is 13.1 Å². The molecular formula is C9H10N3O. The molecule has 1 saturated heterocycles. The van der Waals surface area contributed by atoms with E-state index in [1.54, 1.807) is 0 Å². The van der Waals surface area contributed by atoms with Gasteiger partial charge >= 0.3 is 0 Å². The summed E-state index contributed by atoms with van der Waals surface area (Å²) in [5, 5.41) is 0. The maximum absolute atomic E-state index is 11.7. The molecule has 13 heavy (non-hydrogen) atoms. The van der Waals surface area contributed by atoms with Gasteiger partial charge in [-0.2, -0.15) is 0 Å². The first-order valence-electron chi connectivity index (χ1n) is 4.35. The number of carbonyl (C=O) groups excluding carboxylic acids is 1. The molecule has 0 atom stereocenters. The maximum atomic E-state index is 11.7. The number of carbonyl (C=O) groups is 1. The summed E-state index contributed by atoms with van der Waals surface area (Å²) in [5.74, 6) is -0.0148. The Morgan fingerprint density at radius 3 is 2.85 bits per heavy atom. The Balaban J connectivity index is 2.13. The molecule has 0 N–H and O–H groups in total. The van der Waals surface area contributed by atoms with E-state index in [2.05, 4.69) is 16.2 Å². The molecule has 0 aliphatic carbocycles. The van der Waals surface area contributed by atoms with Crippen molar-refractivity contribution < 1.29 is 4.79 Å². The lowest BCUT2D eigenvalue weighted by molar-refractivity contribution is 0.0786. The third kappa shape index (κ3) is 1.66. The van der Waals surface area contributed by atoms with E-state index in [0.29, 0.717) is 5.69 Å². The van der Waals surface area contributed by atoms with Gasteiger partial charge in [-0.25, -0.2) is 4.98 Å². The quantitative estimate of drug-likeness (QED) is 0.626. The predicted molar refractivity (Wildman–Crippen MR) is 46.0 cm³/mol. The average molecular weight is 176 g/mol. The van der Waals surface area contributed by atoms with Crippen LogP contribution in [0.1, 0.15) is 23.3 Å². The zero-order valence-corrected chi connectivity index (χ0v) is 7.23. The van der Waals surface area contributed by atoms with Gasteiger partial charge in [-0.1, -0.05) is 0 Å². The molecular weight excluding hydrogens is 166 g/mol. The van der Waals surface area contributed by atoms with Gasteiger partial charge < -0.3 is 4.90 Å². The van der Waals surface area contributed by atoms with Crippen molar-refractivity contribution in [1.29, 1.82) is 0 Å². The van der Waals surface area contributed by atoms with E-state index in [4.69, 9.17) is 0 Å². The van der Waals surface area contributed by atoms with E-state index in [1.165, 1.54) is 12.4 Å². The number of hydrogen-bond donors (Lipinski definition) is 0. The molecule has 2 heterocycles. The predicted octanol–water partition coefficient (Wildman–Crippen LogP) is 0.513. The van der Waals surface area contributed by atoms with Crippen molar-refractivity contribution in [1.82, 2.24) is 14.9 Å². The molecule has 0 spiro atoms. The van der Waals surface area contributed by atoms with Gasteiger partial charge in [0.25, 0.3) is 5.91 Å². The third-order valence-corrected chi connectivity index (χ3v) is 2.14. The van der Waals surface area contributed by atoms with Crippen LogP contribution in [0.25, 0.3) is 0 Å². The van der Waals surface area contributed by atoms with E-state index in [1.807, 2.05) is 4.90 Å². The van der Waals surface area contributed by atoms with Crippen molar-refractivity contribution in [2.45, 2.75) is 12.8 Å². The third-order valence-electron chi connectivity index (χ3n) is 2.14. The second-order valence-corrected chi connectivity index (χ2v) is 3.03. The summed E-state index contributed by atoms with van der Waals surface area (Å²) in [6.45, 7) is 1.69. The summed E-state index contributed by atoms with van der Waals surface area (Å²) in [4.78, 5) is 21.1. The van der Waals surface area contributed by atoms with Crippen LogP contribution in [0.3, 0.4) is 0 Å². The Labute approximate surface area is 76.6 Å². The van der Waals surface area contributed by atoms with E-state index < -0.39 is 0 Å². The normalized spacial score (nSPS) is 16.2. The SMILES string of the molecule is O=C(c1cn[c]cn1)N1CCCC1. The summed E-state index contributed by atoms with van der Waals surface area (Å²) in [7, 11) is 0. The van der Waals surface area contributed by atoms with Crippen molar-refractivity contribution in [2.75, 3.05) is 13.1 Å². The fraction of sp³-hybridized carbons (Fsp3) is 0.444. The smallest absolute Gasteiger partial charge is 0.274 e. The van der Waals surface area contributed by atoms with Crippen molar-refractivity contribution in [3.05, 3.63) is 24.3 Å². The minimum Gasteiger partial charge on any atom is -0.337 e. The lowest BCUT2D eigenvalue weighted by Gasteiger charge is -2.13. The second-order valence-electron chi connectivity index (χ2n) is 3.03. The molecule has 0 unspecified atom stereocenters. The molecule has 67 valence electrons. The van der Waals surface area contributed by atoms with Crippen molar-refractivity contribution in [3.63, 3.8) is 0 Å². The van der Waals surface area contributed by atoms with Crippen LogP contribution in [-0.4, -0.2) is 33.9 Å². The van der Waals surface area contributed by atoms with Gasteiger partial charge in [0.1, 0.15) is 11.9 Å². The number of amides is 1. The van der Waals surface area contributed by atoms with Crippen molar-refractivity contribution >= 4 is 5.91 Å². The fourth-order valence-electron chi connectivity index (χ4n) is 1.46. The Morgan fingerprint density at radius 1 is 1.46 bits per heavy atom. The minimum atomic E-state index is -0.0148. The van der Waals surface area contributed by atoms with Gasteiger partial charge in [0.05, 0.1) is 12.4 Å². The summed E-state index contributed by atoms with van der Waals surface area (Å²) < 4.78 is 0. The highest BCUT2D eigenvalue weighted by atomic mass is 16.2. The summed E-state index contributed by atoms with van der Waals surface area (Å²) in [5.41, 5.74) is 0.417. The van der Waals surface area contributed by atoms with Crippen molar-refractivity contribution in [2.24, 2.45) is 0 Å². The number of rotatable bonds is 1. The van der Waals surface area contributed by atoms with E-state index >= 15 is 0 Å². The van der Waals surface area contributed by atoms with Crippen LogP contribution in [0, 0.1) is 6.20 Å². The largest absolute Gasteiger partial charge is 0.337 e. The summed E-state index contributed by atoms with van der Waals surface area (Å²) in [6.07, 6.45) is 7.62. The van der Waals surface area contributed by atoms with Gasteiger partial charge in [-0.3, -0.25) is 9.78 Å². The average Bonchev–Trinajstić information content (AvgIpc) is 2.71. The molecule has 4 heteroatoms. The molecule has 0 saturated carbocycles. The first-order valence-corrected chi connectivity index (χ1v) is 4.35. The monoisotopic (exact) mass is 176 g/mol. The van der Waals surface area contributed by atoms with Crippen LogP contribution < -0.4 is 0 Å². The zero-order valence-electron chi connectivity index (χ0n) is 7.23. The van der Waals surface area contributed by atoms with Gasteiger partial charge in [0.15, 0.2) is 0 Å². The molecule has 1 aromatic heterocycles. The lowest BCUT2D eigenvalue weighted by atomic mass is 10.4. The van der Waals surface area contributed by atoms with Crippen LogP contribution in [0.5, 0.6) is 0 Å². The topological polar surface area (TPSA) is 46.1 Å². The molecule has 1 fully saturated rings. The second kappa shape index (κ2) is 3.51. The van der Waals surface area contributed by atoms with E-state index in [9.17, 15) is 4.79 Å². The van der Waals surface area contributed by atoms with E-state index in [-0.39, 0.29) is 5.91 Å². The number of hydrogen-bond acceptors (Lipinski definition) is 3. The Hall–Kier alpha value is -1.45. The molecule has 1 aliphatic heterocycles. The Morgan fingerprint density at radius 2 is 2.23 bits per heavy atom. The van der Waals surface area contributed by atoms with Gasteiger partial charge in [-0.15, -0.1) is 0 Å². The van der Waals surface area contributed by atoms with Crippen molar-refractivity contribution in [3.8, 4) is 0 Å². The highest BCUT2D eigenvalue weighted by Crippen LogP contribution is 2.10. The zero-order chi connectivity index (χ0) is 9.10. The molecule has 0 aromatic carbocycles. The molecule has 1 radical (unpaired) electrons. The molecule has 2 rings (SSSR count). The number of nitrogens with zero attached hydrogens (tertiary/aromatic N) is 3. The maximum Gasteiger partial charge on any atom is 0.274 e. The molecule has 0 bridgehead atoms. The summed E-state index contributed by atoms with van der Waals surface area (Å²) in [6, 6.07) is 0. The first kappa shape index (κ1) is 8.16. The van der Waals surface area contributed by atoms with Crippen LogP contribution in [0.4, 0.5) is 0 Å². The molecule has 1 amide bonds. The molecule has 1 aliphatic rings. The first-order chi connectivity index (χ1) is 6.38. The van der Waals surface area contributed by atoms with Gasteiger partial charge in [-0.05, 0) is 12.8 Å². The van der Waals surface area contributed by atoms with Crippen LogP contribution in [-0.2, 0) is 0 Å². The van der Waals surface area contributed by atoms with Crippen LogP contribution in [0.15, 0.2) is 12.4 Å². The van der Waals surface area contributed by atoms with Gasteiger partial charge in [0.2, 0.25) is 0 Å². The highest BCUT2D eigenvalue weighted by molar-refractivity contribution is 5.92. The highest BCUT2D eigenvalue weighted by Gasteiger charge is 2.20. The van der Waals surface area contributed by atoms with E-state index in [0.717, 1.165) is 25.9 Å². The Kier molecular flexibility index (Phi) is 2.21. The minimum absolute atomic E-state index is 0.0148. The lowest BCUT2D eigenvalue weighted by Crippen LogP contribution is -2.28. The van der Waals surface area contributed by atoms with Crippen LogP contribution >= 0.6 is 0 Å². The fourth-order valence-corrected chi connectivity index (χ4v) is 1.46. The molecule has 1 aromatic rings. The molecule has 4 nitrogen and oxygen atoms in total. The Bertz CT molecular complexity index is 293. The summed E-state index contributed by atoms with van der Waals surface area (Å²) >= 11 is 0. The van der Waals surface area contributed by atoms with Crippen LogP contribution in [0.2, 0.25) is 0 Å².